The number of quaternary nitrogens is 1. The van der Waals surface area contributed by atoms with Gasteiger partial charge in [-0.25, -0.2) is 0 Å². The summed E-state index contributed by atoms with van der Waals surface area (Å²) in [6, 6.07) is 1.56. The molecular weight excluding hydrogens is 278 g/mol. The smallest absolute Gasteiger partial charge is 0.0911 e. The van der Waals surface area contributed by atoms with Crippen molar-refractivity contribution in [2.24, 2.45) is 5.92 Å². The molecule has 0 aliphatic rings. The number of hydrogen-bond acceptors (Lipinski definition) is 0. The molecule has 0 aliphatic heterocycles. The van der Waals surface area contributed by atoms with Gasteiger partial charge in [-0.1, -0.05) is 53.9 Å². The Morgan fingerprint density at radius 1 is 0.826 bits per heavy atom. The highest BCUT2D eigenvalue weighted by atomic mass is 15.4. The van der Waals surface area contributed by atoms with Crippen molar-refractivity contribution in [2.75, 3.05) is 6.54 Å². The van der Waals surface area contributed by atoms with Crippen molar-refractivity contribution in [1.82, 2.24) is 0 Å². The lowest BCUT2D eigenvalue weighted by atomic mass is 9.86. The van der Waals surface area contributed by atoms with Crippen LogP contribution in [0.3, 0.4) is 0 Å². The fourth-order valence-electron chi connectivity index (χ4n) is 5.25. The molecule has 1 heteroatoms. The highest BCUT2D eigenvalue weighted by Crippen LogP contribution is 2.38. The maximum Gasteiger partial charge on any atom is 0.0911 e. The zero-order valence-corrected chi connectivity index (χ0v) is 18.0. The van der Waals surface area contributed by atoms with E-state index in [4.69, 9.17) is 0 Å². The highest BCUT2D eigenvalue weighted by molar-refractivity contribution is 4.75. The van der Waals surface area contributed by atoms with Crippen molar-refractivity contribution in [3.05, 3.63) is 0 Å². The van der Waals surface area contributed by atoms with Crippen LogP contribution in [0.15, 0.2) is 0 Å². The molecule has 3 unspecified atom stereocenters. The molecule has 0 N–H and O–H groups in total. The summed E-state index contributed by atoms with van der Waals surface area (Å²) in [4.78, 5) is 0. The molecule has 1 nitrogen and oxygen atoms in total. The molecule has 23 heavy (non-hydrogen) atoms. The van der Waals surface area contributed by atoms with E-state index >= 15 is 0 Å². The summed E-state index contributed by atoms with van der Waals surface area (Å²) >= 11 is 0. The van der Waals surface area contributed by atoms with Gasteiger partial charge in [0, 0.05) is 6.42 Å². The average molecular weight is 327 g/mol. The second-order valence-corrected chi connectivity index (χ2v) is 8.98. The predicted molar refractivity (Wildman–Crippen MR) is 107 cm³/mol. The van der Waals surface area contributed by atoms with Gasteiger partial charge >= 0.3 is 0 Å². The van der Waals surface area contributed by atoms with Crippen LogP contribution < -0.4 is 0 Å². The number of unbranched alkanes of at least 4 members (excludes halogenated alkanes) is 2. The lowest BCUT2D eigenvalue weighted by Gasteiger charge is -2.58. The topological polar surface area (TPSA) is 0 Å². The van der Waals surface area contributed by atoms with Crippen LogP contribution in [0.5, 0.6) is 0 Å². The van der Waals surface area contributed by atoms with E-state index in [1.54, 1.807) is 0 Å². The molecular formula is C22H48N+. The minimum absolute atomic E-state index is 0.329. The Labute approximate surface area is 148 Å². The van der Waals surface area contributed by atoms with Gasteiger partial charge in [0.15, 0.2) is 0 Å². The van der Waals surface area contributed by atoms with E-state index in [-0.39, 0.29) is 0 Å². The van der Waals surface area contributed by atoms with Gasteiger partial charge in [0.2, 0.25) is 0 Å². The summed E-state index contributed by atoms with van der Waals surface area (Å²) in [5, 5.41) is 0. The van der Waals surface area contributed by atoms with Crippen molar-refractivity contribution >= 4 is 0 Å². The molecule has 0 aromatic rings. The first-order valence-corrected chi connectivity index (χ1v) is 10.6. The zero-order chi connectivity index (χ0) is 18.1. The van der Waals surface area contributed by atoms with E-state index in [0.717, 1.165) is 18.0 Å². The molecule has 0 aliphatic carbocycles. The molecule has 0 saturated carbocycles. The number of rotatable bonds is 12. The van der Waals surface area contributed by atoms with Crippen LogP contribution in [0.4, 0.5) is 0 Å². The van der Waals surface area contributed by atoms with E-state index in [1.807, 2.05) is 0 Å². The standard InChI is InChI=1S/C22H48N/c1-10-14-15-17-23(22(7,8)9,21(12-3)13-4)20(6)18-19(5)16-11-2/h19-21H,10-18H2,1-9H3/q+1. The quantitative estimate of drug-likeness (QED) is 0.263. The summed E-state index contributed by atoms with van der Waals surface area (Å²) < 4.78 is 1.33. The molecule has 0 radical (unpaired) electrons. The van der Waals surface area contributed by atoms with Gasteiger partial charge in [0.25, 0.3) is 0 Å². The van der Waals surface area contributed by atoms with E-state index in [0.29, 0.717) is 5.54 Å². The molecule has 140 valence electrons. The fraction of sp³-hybridized carbons (Fsp3) is 1.00. The molecule has 0 saturated heterocycles. The van der Waals surface area contributed by atoms with Gasteiger partial charge in [0.1, 0.15) is 0 Å². The van der Waals surface area contributed by atoms with Gasteiger partial charge in [-0.2, -0.15) is 0 Å². The summed E-state index contributed by atoms with van der Waals surface area (Å²) in [6.45, 7) is 23.4. The fourth-order valence-corrected chi connectivity index (χ4v) is 5.25. The SMILES string of the molecule is CCCCC[N+](C(C)CC(C)CCC)(C(CC)CC)C(C)(C)C. The Kier molecular flexibility index (Phi) is 10.7. The maximum absolute atomic E-state index is 2.56. The van der Waals surface area contributed by atoms with Crippen LogP contribution in [0, 0.1) is 5.92 Å². The molecule has 0 rings (SSSR count). The third kappa shape index (κ3) is 6.07. The molecule has 0 aromatic heterocycles. The summed E-state index contributed by atoms with van der Waals surface area (Å²) in [5.74, 6) is 0.857. The predicted octanol–water partition coefficient (Wildman–Crippen LogP) is 7.20. The monoisotopic (exact) mass is 326 g/mol. The molecule has 3 atom stereocenters. The minimum Gasteiger partial charge on any atom is -0.315 e. The van der Waals surface area contributed by atoms with E-state index in [9.17, 15) is 0 Å². The van der Waals surface area contributed by atoms with Gasteiger partial charge in [0.05, 0.1) is 24.2 Å². The summed E-state index contributed by atoms with van der Waals surface area (Å²) in [5.41, 5.74) is 0.329. The van der Waals surface area contributed by atoms with Crippen LogP contribution in [0.2, 0.25) is 0 Å². The lowest BCUT2D eigenvalue weighted by molar-refractivity contribution is -1.01. The van der Waals surface area contributed by atoms with Gasteiger partial charge in [-0.05, 0) is 59.3 Å². The van der Waals surface area contributed by atoms with E-state index in [1.165, 1.54) is 62.4 Å². The second kappa shape index (κ2) is 10.7. The second-order valence-electron chi connectivity index (χ2n) is 8.98. The van der Waals surface area contributed by atoms with Crippen LogP contribution in [-0.4, -0.2) is 28.7 Å². The van der Waals surface area contributed by atoms with Gasteiger partial charge in [-0.15, -0.1) is 0 Å². The molecule has 0 bridgehead atoms. The Bertz CT molecular complexity index is 287. The molecule has 0 aromatic carbocycles. The van der Waals surface area contributed by atoms with Crippen LogP contribution in [0.1, 0.15) is 114 Å². The summed E-state index contributed by atoms with van der Waals surface area (Å²) in [6.07, 6.45) is 10.8. The van der Waals surface area contributed by atoms with Crippen molar-refractivity contribution < 1.29 is 4.48 Å². The van der Waals surface area contributed by atoms with Crippen LogP contribution >= 0.6 is 0 Å². The Morgan fingerprint density at radius 3 is 1.78 bits per heavy atom. The largest absolute Gasteiger partial charge is 0.315 e. The first-order chi connectivity index (χ1) is 10.7. The lowest BCUT2D eigenvalue weighted by Crippen LogP contribution is -2.69. The number of hydrogen-bond donors (Lipinski definition) is 0. The third-order valence-electron chi connectivity index (χ3n) is 6.29. The van der Waals surface area contributed by atoms with E-state index in [2.05, 4.69) is 62.3 Å². The normalized spacial score (nSPS) is 18.0. The maximum atomic E-state index is 2.56. The summed E-state index contributed by atoms with van der Waals surface area (Å²) in [7, 11) is 0. The first-order valence-electron chi connectivity index (χ1n) is 10.6. The highest BCUT2D eigenvalue weighted by Gasteiger charge is 2.48. The van der Waals surface area contributed by atoms with Gasteiger partial charge in [-0.3, -0.25) is 0 Å². The Hall–Kier alpha value is -0.0400. The van der Waals surface area contributed by atoms with Crippen molar-refractivity contribution in [3.63, 3.8) is 0 Å². The van der Waals surface area contributed by atoms with Crippen molar-refractivity contribution in [3.8, 4) is 0 Å². The van der Waals surface area contributed by atoms with Crippen molar-refractivity contribution in [1.29, 1.82) is 0 Å². The molecule has 0 fully saturated rings. The molecule has 0 amide bonds. The minimum atomic E-state index is 0.329. The van der Waals surface area contributed by atoms with E-state index < -0.39 is 0 Å². The van der Waals surface area contributed by atoms with Gasteiger partial charge < -0.3 is 4.48 Å². The Balaban J connectivity index is 5.59. The van der Waals surface area contributed by atoms with Crippen LogP contribution in [-0.2, 0) is 0 Å². The third-order valence-corrected chi connectivity index (χ3v) is 6.29. The van der Waals surface area contributed by atoms with Crippen molar-refractivity contribution in [2.45, 2.75) is 131 Å². The zero-order valence-electron chi connectivity index (χ0n) is 18.0. The van der Waals surface area contributed by atoms with Crippen LogP contribution in [0.25, 0.3) is 0 Å². The molecule has 0 spiro atoms. The first kappa shape index (κ1) is 23.0. The Morgan fingerprint density at radius 2 is 1.39 bits per heavy atom. The number of nitrogens with zero attached hydrogens (tertiary/aromatic N) is 1. The average Bonchev–Trinajstić information content (AvgIpc) is 2.45. The molecule has 0 heterocycles.